The monoisotopic (exact) mass is 302 g/mol. The van der Waals surface area contributed by atoms with E-state index in [0.717, 1.165) is 12.3 Å². The maximum Gasteiger partial charge on any atom is 0.434 e. The molecule has 1 unspecified atom stereocenters. The van der Waals surface area contributed by atoms with Crippen LogP contribution in [0.4, 0.5) is 13.2 Å². The van der Waals surface area contributed by atoms with Gasteiger partial charge in [-0.15, -0.1) is 0 Å². The van der Waals surface area contributed by atoms with Gasteiger partial charge in [0.1, 0.15) is 6.04 Å². The number of hydrogen-bond acceptors (Lipinski definition) is 3. The third kappa shape index (κ3) is 4.59. The van der Waals surface area contributed by atoms with Crippen molar-refractivity contribution in [3.63, 3.8) is 0 Å². The number of carbonyl (C=O) groups excluding carboxylic acids is 1. The molecule has 0 aliphatic rings. The molecule has 0 fully saturated rings. The lowest BCUT2D eigenvalue weighted by atomic mass is 10.1. The van der Waals surface area contributed by atoms with Gasteiger partial charge >= 0.3 is 12.1 Å². The van der Waals surface area contributed by atoms with E-state index in [0.29, 0.717) is 0 Å². The van der Waals surface area contributed by atoms with Crippen LogP contribution in [-0.4, -0.2) is 28.0 Å². The number of carboxylic acids is 1. The number of aromatic nitrogens is 1. The smallest absolute Gasteiger partial charge is 0.434 e. The van der Waals surface area contributed by atoms with Crippen molar-refractivity contribution >= 4 is 11.9 Å². The summed E-state index contributed by atoms with van der Waals surface area (Å²) in [6, 6.07) is 0.806. The third-order valence-electron chi connectivity index (χ3n) is 2.53. The number of halogens is 3. The average molecular weight is 302 g/mol. The number of pyridine rings is 1. The zero-order valence-corrected chi connectivity index (χ0v) is 11.0. The molecule has 0 aliphatic carbocycles. The molecule has 8 heteroatoms. The maximum atomic E-state index is 12.7. The molecule has 2 N–H and O–H groups in total. The maximum absolute atomic E-state index is 12.7. The van der Waals surface area contributed by atoms with Crippen LogP contribution in [0.1, 0.15) is 29.4 Å². The summed E-state index contributed by atoms with van der Waals surface area (Å²) in [6.07, 6.45) is -0.844. The third-order valence-corrected chi connectivity index (χ3v) is 2.53. The fourth-order valence-electron chi connectivity index (χ4n) is 1.54. The van der Waals surface area contributed by atoms with E-state index in [2.05, 4.69) is 10.3 Å². The Morgan fingerprint density at radius 3 is 2.67 bits per heavy atom. The van der Waals surface area contributed by atoms with Crippen molar-refractivity contribution in [3.8, 4) is 0 Å². The highest BCUT2D eigenvalue weighted by atomic mass is 19.4. The normalized spacial score (nSPS) is 13.1. The molecule has 1 atom stereocenters. The van der Waals surface area contributed by atoms with Crippen LogP contribution < -0.4 is 5.32 Å². The Labute approximate surface area is 118 Å². The van der Waals surface area contributed by atoms with Crippen LogP contribution in [0.5, 0.6) is 0 Å². The van der Waals surface area contributed by atoms with Crippen molar-refractivity contribution in [2.45, 2.75) is 25.6 Å². The Kier molecular flexibility index (Phi) is 5.45. The van der Waals surface area contributed by atoms with Crippen LogP contribution in [0.25, 0.3) is 0 Å². The fourth-order valence-corrected chi connectivity index (χ4v) is 1.54. The SMILES string of the molecule is C/C=C/CC(NC(=O)c1cccnc1C(F)(F)F)C(=O)O. The molecule has 1 aromatic heterocycles. The summed E-state index contributed by atoms with van der Waals surface area (Å²) >= 11 is 0. The largest absolute Gasteiger partial charge is 0.480 e. The molecule has 1 aromatic rings. The lowest BCUT2D eigenvalue weighted by Gasteiger charge is -2.15. The van der Waals surface area contributed by atoms with Gasteiger partial charge in [-0.2, -0.15) is 13.2 Å². The van der Waals surface area contributed by atoms with Gasteiger partial charge in [0.05, 0.1) is 5.56 Å². The Morgan fingerprint density at radius 2 is 2.14 bits per heavy atom. The zero-order valence-electron chi connectivity index (χ0n) is 11.0. The van der Waals surface area contributed by atoms with Gasteiger partial charge in [0.25, 0.3) is 5.91 Å². The first-order valence-corrected chi connectivity index (χ1v) is 5.94. The number of rotatable bonds is 5. The highest BCUT2D eigenvalue weighted by molar-refractivity contribution is 5.97. The molecule has 0 saturated carbocycles. The van der Waals surface area contributed by atoms with Crippen LogP contribution in [0.15, 0.2) is 30.5 Å². The molecule has 21 heavy (non-hydrogen) atoms. The molecule has 0 aromatic carbocycles. The number of carboxylic acid groups (broad SMARTS) is 1. The van der Waals surface area contributed by atoms with E-state index in [9.17, 15) is 22.8 Å². The summed E-state index contributed by atoms with van der Waals surface area (Å²) in [7, 11) is 0. The standard InChI is InChI=1S/C13H13F3N2O3/c1-2-3-6-9(12(20)21)18-11(19)8-5-4-7-17-10(8)13(14,15)16/h2-5,7,9H,6H2,1H3,(H,18,19)(H,20,21)/b3-2+. The van der Waals surface area contributed by atoms with Gasteiger partial charge in [-0.05, 0) is 25.5 Å². The molecule has 0 spiro atoms. The van der Waals surface area contributed by atoms with Crippen LogP contribution in [0.3, 0.4) is 0 Å². The Bertz CT molecular complexity index is 556. The predicted octanol–water partition coefficient (Wildman–Crippen LogP) is 2.25. The number of amides is 1. The first kappa shape index (κ1) is 16.7. The number of nitrogens with one attached hydrogen (secondary N) is 1. The molecule has 1 rings (SSSR count). The van der Waals surface area contributed by atoms with Gasteiger partial charge in [0.15, 0.2) is 5.69 Å². The Balaban J connectivity index is 3.01. The first-order valence-electron chi connectivity index (χ1n) is 5.94. The number of alkyl halides is 3. The molecular weight excluding hydrogens is 289 g/mol. The molecule has 0 bridgehead atoms. The second-order valence-electron chi connectivity index (χ2n) is 4.07. The van der Waals surface area contributed by atoms with E-state index in [1.165, 1.54) is 12.1 Å². The quantitative estimate of drug-likeness (QED) is 0.818. The topological polar surface area (TPSA) is 79.3 Å². The summed E-state index contributed by atoms with van der Waals surface area (Å²) in [5, 5.41) is 11.0. The summed E-state index contributed by atoms with van der Waals surface area (Å²) < 4.78 is 38.2. The average Bonchev–Trinajstić information content (AvgIpc) is 2.42. The minimum absolute atomic E-state index is 0.0286. The summed E-state index contributed by atoms with van der Waals surface area (Å²) in [4.78, 5) is 26.0. The van der Waals surface area contributed by atoms with E-state index >= 15 is 0 Å². The molecule has 0 radical (unpaired) electrons. The second kappa shape index (κ2) is 6.87. The van der Waals surface area contributed by atoms with Gasteiger partial charge in [-0.1, -0.05) is 12.2 Å². The van der Waals surface area contributed by atoms with Crippen molar-refractivity contribution in [3.05, 3.63) is 41.7 Å². The van der Waals surface area contributed by atoms with E-state index < -0.39 is 35.4 Å². The second-order valence-corrected chi connectivity index (χ2v) is 4.07. The molecule has 5 nitrogen and oxygen atoms in total. The minimum atomic E-state index is -4.80. The molecule has 0 aliphatic heterocycles. The van der Waals surface area contributed by atoms with Crippen molar-refractivity contribution in [2.75, 3.05) is 0 Å². The number of allylic oxidation sites excluding steroid dienone is 1. The van der Waals surface area contributed by atoms with Gasteiger partial charge in [-0.25, -0.2) is 4.79 Å². The van der Waals surface area contributed by atoms with E-state index in [1.54, 1.807) is 13.0 Å². The molecular formula is C13H13F3N2O3. The number of hydrogen-bond donors (Lipinski definition) is 2. The number of nitrogens with zero attached hydrogens (tertiary/aromatic N) is 1. The van der Waals surface area contributed by atoms with Gasteiger partial charge in [0.2, 0.25) is 0 Å². The number of carbonyl (C=O) groups is 2. The summed E-state index contributed by atoms with van der Waals surface area (Å²) in [5.74, 6) is -2.47. The van der Waals surface area contributed by atoms with Crippen molar-refractivity contribution in [2.24, 2.45) is 0 Å². The lowest BCUT2D eigenvalue weighted by Crippen LogP contribution is -2.41. The van der Waals surface area contributed by atoms with Crippen LogP contribution in [0.2, 0.25) is 0 Å². The fraction of sp³-hybridized carbons (Fsp3) is 0.308. The Hall–Kier alpha value is -2.38. The van der Waals surface area contributed by atoms with Crippen LogP contribution >= 0.6 is 0 Å². The van der Waals surface area contributed by atoms with E-state index in [1.807, 2.05) is 0 Å². The van der Waals surface area contributed by atoms with Gasteiger partial charge in [-0.3, -0.25) is 9.78 Å². The van der Waals surface area contributed by atoms with Crippen molar-refractivity contribution in [1.82, 2.24) is 10.3 Å². The van der Waals surface area contributed by atoms with Crippen LogP contribution in [-0.2, 0) is 11.0 Å². The zero-order chi connectivity index (χ0) is 16.0. The summed E-state index contributed by atoms with van der Waals surface area (Å²) in [5.41, 5.74) is -2.06. The molecule has 0 saturated heterocycles. The molecule has 1 amide bonds. The molecule has 1 heterocycles. The van der Waals surface area contributed by atoms with Crippen molar-refractivity contribution in [1.29, 1.82) is 0 Å². The lowest BCUT2D eigenvalue weighted by molar-refractivity contribution is -0.141. The van der Waals surface area contributed by atoms with Gasteiger partial charge in [0, 0.05) is 6.20 Å². The van der Waals surface area contributed by atoms with Crippen LogP contribution in [0, 0.1) is 0 Å². The van der Waals surface area contributed by atoms with E-state index in [-0.39, 0.29) is 6.42 Å². The van der Waals surface area contributed by atoms with Gasteiger partial charge < -0.3 is 10.4 Å². The summed E-state index contributed by atoms with van der Waals surface area (Å²) in [6.45, 7) is 1.66. The highest BCUT2D eigenvalue weighted by Gasteiger charge is 2.37. The predicted molar refractivity (Wildman–Crippen MR) is 67.6 cm³/mol. The first-order chi connectivity index (χ1) is 9.77. The van der Waals surface area contributed by atoms with Crippen molar-refractivity contribution < 1.29 is 27.9 Å². The molecule has 114 valence electrons. The minimum Gasteiger partial charge on any atom is -0.480 e. The van der Waals surface area contributed by atoms with E-state index in [4.69, 9.17) is 5.11 Å². The Morgan fingerprint density at radius 1 is 1.48 bits per heavy atom. The number of aliphatic carboxylic acids is 1. The highest BCUT2D eigenvalue weighted by Crippen LogP contribution is 2.29.